The number of hydrogen-bond acceptors (Lipinski definition) is 7. The minimum Gasteiger partial charge on any atom is -0.378 e. The van der Waals surface area contributed by atoms with Crippen molar-refractivity contribution in [3.05, 3.63) is 34.6 Å². The largest absolute Gasteiger partial charge is 0.378 e. The third kappa shape index (κ3) is 3.05. The van der Waals surface area contributed by atoms with Crippen LogP contribution in [0.25, 0.3) is 0 Å². The number of hydrogen-bond donors (Lipinski definition) is 0. The maximum atomic E-state index is 13.0. The van der Waals surface area contributed by atoms with Crippen molar-refractivity contribution >= 4 is 11.7 Å². The van der Waals surface area contributed by atoms with Gasteiger partial charge in [-0.25, -0.2) is 9.97 Å². The number of amides is 1. The number of ether oxygens (including phenoxy) is 1. The first-order valence-corrected chi connectivity index (χ1v) is 9.02. The molecule has 4 heterocycles. The number of fused-ring (bicyclic) bond motifs is 1. The standard InChI is InChI=1S/C18H23N5O3/c1-12-16(13(2)26-21-12)18(24)23-5-3-14-15(4-6-23)19-11-20-17(14)22-7-9-25-10-8-22/h11H,3-10H2,1-2H3. The zero-order chi connectivity index (χ0) is 18.1. The molecule has 0 bridgehead atoms. The van der Waals surface area contributed by atoms with Gasteiger partial charge in [0.1, 0.15) is 23.5 Å². The number of anilines is 1. The Morgan fingerprint density at radius 2 is 1.85 bits per heavy atom. The molecule has 8 nitrogen and oxygen atoms in total. The van der Waals surface area contributed by atoms with Gasteiger partial charge in [-0.1, -0.05) is 5.16 Å². The summed E-state index contributed by atoms with van der Waals surface area (Å²) in [6.07, 6.45) is 3.11. The normalized spacial score (nSPS) is 17.8. The molecule has 0 aromatic carbocycles. The van der Waals surface area contributed by atoms with Crippen LogP contribution in [0.1, 0.15) is 33.1 Å². The Morgan fingerprint density at radius 1 is 1.08 bits per heavy atom. The molecule has 2 aliphatic rings. The Bertz CT molecular complexity index is 794. The van der Waals surface area contributed by atoms with E-state index in [4.69, 9.17) is 9.26 Å². The lowest BCUT2D eigenvalue weighted by Crippen LogP contribution is -2.37. The van der Waals surface area contributed by atoms with Crippen molar-refractivity contribution in [3.63, 3.8) is 0 Å². The molecule has 1 amide bonds. The highest BCUT2D eigenvalue weighted by atomic mass is 16.5. The van der Waals surface area contributed by atoms with Gasteiger partial charge in [0.2, 0.25) is 0 Å². The van der Waals surface area contributed by atoms with E-state index in [9.17, 15) is 4.79 Å². The number of aryl methyl sites for hydroxylation is 2. The quantitative estimate of drug-likeness (QED) is 0.797. The van der Waals surface area contributed by atoms with Crippen molar-refractivity contribution in [1.82, 2.24) is 20.0 Å². The SMILES string of the molecule is Cc1noc(C)c1C(=O)N1CCc2ncnc(N3CCOCC3)c2CC1. The minimum atomic E-state index is -0.0186. The molecule has 2 aliphatic heterocycles. The van der Waals surface area contributed by atoms with Crippen LogP contribution in [0, 0.1) is 13.8 Å². The predicted octanol–water partition coefficient (Wildman–Crippen LogP) is 1.16. The van der Waals surface area contributed by atoms with E-state index in [-0.39, 0.29) is 5.91 Å². The number of morpholine rings is 1. The van der Waals surface area contributed by atoms with Crippen LogP contribution in [0.2, 0.25) is 0 Å². The highest BCUT2D eigenvalue weighted by molar-refractivity contribution is 5.96. The molecule has 4 rings (SSSR count). The van der Waals surface area contributed by atoms with Crippen molar-refractivity contribution in [2.45, 2.75) is 26.7 Å². The number of carbonyl (C=O) groups is 1. The van der Waals surface area contributed by atoms with E-state index < -0.39 is 0 Å². The lowest BCUT2D eigenvalue weighted by atomic mass is 10.1. The fourth-order valence-corrected chi connectivity index (χ4v) is 3.71. The summed E-state index contributed by atoms with van der Waals surface area (Å²) < 4.78 is 10.6. The smallest absolute Gasteiger partial charge is 0.259 e. The topological polar surface area (TPSA) is 84.6 Å². The summed E-state index contributed by atoms with van der Waals surface area (Å²) in [5, 5.41) is 3.91. The Morgan fingerprint density at radius 3 is 2.58 bits per heavy atom. The molecule has 1 saturated heterocycles. The van der Waals surface area contributed by atoms with E-state index in [1.807, 2.05) is 4.90 Å². The Balaban J connectivity index is 1.57. The van der Waals surface area contributed by atoms with Crippen LogP contribution in [0.4, 0.5) is 5.82 Å². The second-order valence-corrected chi connectivity index (χ2v) is 6.71. The summed E-state index contributed by atoms with van der Waals surface area (Å²) in [4.78, 5) is 26.1. The maximum Gasteiger partial charge on any atom is 0.259 e. The second-order valence-electron chi connectivity index (χ2n) is 6.71. The summed E-state index contributed by atoms with van der Waals surface area (Å²) >= 11 is 0. The average molecular weight is 357 g/mol. The molecular formula is C18H23N5O3. The molecule has 2 aromatic heterocycles. The van der Waals surface area contributed by atoms with Crippen LogP contribution in [-0.2, 0) is 17.6 Å². The molecular weight excluding hydrogens is 334 g/mol. The fourth-order valence-electron chi connectivity index (χ4n) is 3.71. The zero-order valence-electron chi connectivity index (χ0n) is 15.2. The summed E-state index contributed by atoms with van der Waals surface area (Å²) in [6.45, 7) is 7.97. The Hall–Kier alpha value is -2.48. The molecule has 1 fully saturated rings. The molecule has 0 N–H and O–H groups in total. The molecule has 0 aliphatic carbocycles. The van der Waals surface area contributed by atoms with Crippen LogP contribution < -0.4 is 4.90 Å². The minimum absolute atomic E-state index is 0.0186. The van der Waals surface area contributed by atoms with E-state index >= 15 is 0 Å². The lowest BCUT2D eigenvalue weighted by molar-refractivity contribution is 0.0760. The van der Waals surface area contributed by atoms with Gasteiger partial charge in [0.15, 0.2) is 0 Å². The van der Waals surface area contributed by atoms with Gasteiger partial charge in [-0.3, -0.25) is 4.79 Å². The first-order chi connectivity index (χ1) is 12.6. The van der Waals surface area contributed by atoms with Crippen LogP contribution in [0.5, 0.6) is 0 Å². The third-order valence-corrected chi connectivity index (χ3v) is 5.11. The van der Waals surface area contributed by atoms with Crippen LogP contribution in [-0.4, -0.2) is 65.3 Å². The highest BCUT2D eigenvalue weighted by Gasteiger charge is 2.27. The average Bonchev–Trinajstić information content (AvgIpc) is 2.87. The lowest BCUT2D eigenvalue weighted by Gasteiger charge is -2.29. The maximum absolute atomic E-state index is 13.0. The second kappa shape index (κ2) is 7.03. The fraction of sp³-hybridized carbons (Fsp3) is 0.556. The first-order valence-electron chi connectivity index (χ1n) is 9.02. The van der Waals surface area contributed by atoms with Gasteiger partial charge in [0.05, 0.1) is 24.6 Å². The molecule has 0 saturated carbocycles. The van der Waals surface area contributed by atoms with Gasteiger partial charge in [-0.2, -0.15) is 0 Å². The van der Waals surface area contributed by atoms with E-state index in [1.54, 1.807) is 20.2 Å². The van der Waals surface area contributed by atoms with Crippen molar-refractivity contribution < 1.29 is 14.1 Å². The van der Waals surface area contributed by atoms with Gasteiger partial charge in [-0.05, 0) is 20.3 Å². The molecule has 26 heavy (non-hydrogen) atoms. The van der Waals surface area contributed by atoms with Gasteiger partial charge in [0.25, 0.3) is 5.91 Å². The monoisotopic (exact) mass is 357 g/mol. The van der Waals surface area contributed by atoms with Crippen molar-refractivity contribution in [1.29, 1.82) is 0 Å². The van der Waals surface area contributed by atoms with Crippen molar-refractivity contribution in [2.24, 2.45) is 0 Å². The van der Waals surface area contributed by atoms with Gasteiger partial charge in [-0.15, -0.1) is 0 Å². The summed E-state index contributed by atoms with van der Waals surface area (Å²) in [5.74, 6) is 1.54. The molecule has 2 aromatic rings. The van der Waals surface area contributed by atoms with Gasteiger partial charge < -0.3 is 19.1 Å². The molecule has 0 radical (unpaired) electrons. The van der Waals surface area contributed by atoms with Crippen LogP contribution >= 0.6 is 0 Å². The number of rotatable bonds is 2. The first kappa shape index (κ1) is 17.0. The Kier molecular flexibility index (Phi) is 4.58. The van der Waals surface area contributed by atoms with E-state index in [0.29, 0.717) is 30.1 Å². The number of aromatic nitrogens is 3. The summed E-state index contributed by atoms with van der Waals surface area (Å²) in [6, 6.07) is 0. The summed E-state index contributed by atoms with van der Waals surface area (Å²) in [7, 11) is 0. The molecule has 0 unspecified atom stereocenters. The number of nitrogens with zero attached hydrogens (tertiary/aromatic N) is 5. The van der Waals surface area contributed by atoms with E-state index in [1.165, 1.54) is 0 Å². The predicted molar refractivity (Wildman–Crippen MR) is 94.4 cm³/mol. The number of carbonyl (C=O) groups excluding carboxylic acids is 1. The highest BCUT2D eigenvalue weighted by Crippen LogP contribution is 2.25. The molecule has 0 spiro atoms. The summed E-state index contributed by atoms with van der Waals surface area (Å²) in [5.41, 5.74) is 3.41. The van der Waals surface area contributed by atoms with E-state index in [2.05, 4.69) is 20.0 Å². The van der Waals surface area contributed by atoms with Crippen LogP contribution in [0.3, 0.4) is 0 Å². The van der Waals surface area contributed by atoms with Gasteiger partial charge in [0, 0.05) is 38.2 Å². The van der Waals surface area contributed by atoms with Crippen molar-refractivity contribution in [3.8, 4) is 0 Å². The van der Waals surface area contributed by atoms with E-state index in [0.717, 1.165) is 56.2 Å². The van der Waals surface area contributed by atoms with Crippen molar-refractivity contribution in [2.75, 3.05) is 44.3 Å². The Labute approximate surface area is 152 Å². The zero-order valence-corrected chi connectivity index (χ0v) is 15.2. The molecule has 138 valence electrons. The third-order valence-electron chi connectivity index (χ3n) is 5.11. The van der Waals surface area contributed by atoms with Gasteiger partial charge >= 0.3 is 0 Å². The van der Waals surface area contributed by atoms with Crippen LogP contribution in [0.15, 0.2) is 10.9 Å². The molecule has 0 atom stereocenters. The molecule has 8 heteroatoms.